The van der Waals surface area contributed by atoms with E-state index in [9.17, 15) is 9.50 Å². The molecule has 1 aliphatic carbocycles. The number of nitrogens with zero attached hydrogens (tertiary/aromatic N) is 1. The zero-order chi connectivity index (χ0) is 14.4. The number of rotatable bonds is 6. The number of aliphatic hydroxyl groups is 1. The fourth-order valence-electron chi connectivity index (χ4n) is 3.18. The van der Waals surface area contributed by atoms with E-state index in [1.165, 1.54) is 44.4 Å². The summed E-state index contributed by atoms with van der Waals surface area (Å²) in [5.41, 5.74) is 0.852. The Morgan fingerprint density at radius 3 is 2.70 bits per heavy atom. The number of pyridine rings is 1. The quantitative estimate of drug-likeness (QED) is 0.841. The van der Waals surface area contributed by atoms with E-state index in [0.717, 1.165) is 12.1 Å². The van der Waals surface area contributed by atoms with Gasteiger partial charge in [-0.25, -0.2) is 4.39 Å². The third-order valence-electron chi connectivity index (χ3n) is 4.32. The average Bonchev–Trinajstić information content (AvgIpc) is 2.48. The second-order valence-electron chi connectivity index (χ2n) is 5.81. The zero-order valence-corrected chi connectivity index (χ0v) is 12.2. The average molecular weight is 280 g/mol. The molecule has 1 aromatic rings. The monoisotopic (exact) mass is 280 g/mol. The highest BCUT2D eigenvalue weighted by atomic mass is 19.1. The van der Waals surface area contributed by atoms with Crippen molar-refractivity contribution >= 4 is 0 Å². The lowest BCUT2D eigenvalue weighted by molar-refractivity contribution is 0.197. The first-order chi connectivity index (χ1) is 9.70. The lowest BCUT2D eigenvalue weighted by Gasteiger charge is -2.32. The van der Waals surface area contributed by atoms with Crippen LogP contribution in [0.25, 0.3) is 0 Å². The molecule has 112 valence electrons. The Hall–Kier alpha value is -1.00. The molecule has 4 heteroatoms. The summed E-state index contributed by atoms with van der Waals surface area (Å²) in [7, 11) is 0. The van der Waals surface area contributed by atoms with Crippen molar-refractivity contribution in [1.82, 2.24) is 10.3 Å². The highest BCUT2D eigenvalue weighted by molar-refractivity contribution is 5.09. The van der Waals surface area contributed by atoms with Crippen LogP contribution in [0.2, 0.25) is 0 Å². The number of hydrogen-bond donors (Lipinski definition) is 2. The van der Waals surface area contributed by atoms with E-state index < -0.39 is 0 Å². The van der Waals surface area contributed by atoms with Crippen molar-refractivity contribution in [3.63, 3.8) is 0 Å². The molecule has 20 heavy (non-hydrogen) atoms. The van der Waals surface area contributed by atoms with Crippen LogP contribution >= 0.6 is 0 Å². The second kappa shape index (κ2) is 7.70. The molecule has 2 atom stereocenters. The van der Waals surface area contributed by atoms with Crippen LogP contribution in [-0.4, -0.2) is 22.7 Å². The highest BCUT2D eigenvalue weighted by Gasteiger charge is 2.24. The van der Waals surface area contributed by atoms with Gasteiger partial charge in [-0.3, -0.25) is 4.98 Å². The van der Waals surface area contributed by atoms with Crippen molar-refractivity contribution in [2.24, 2.45) is 5.92 Å². The molecule has 2 unspecified atom stereocenters. The molecule has 0 amide bonds. The first kappa shape index (κ1) is 15.4. The summed E-state index contributed by atoms with van der Waals surface area (Å²) in [5.74, 6) is 0.332. The molecule has 2 rings (SSSR count). The van der Waals surface area contributed by atoms with Gasteiger partial charge in [-0.1, -0.05) is 19.3 Å². The van der Waals surface area contributed by atoms with Crippen molar-refractivity contribution in [3.8, 4) is 0 Å². The summed E-state index contributed by atoms with van der Waals surface area (Å²) in [6.07, 6.45) is 8.42. The number of hydrogen-bond acceptors (Lipinski definition) is 3. The van der Waals surface area contributed by atoms with Gasteiger partial charge in [-0.05, 0) is 44.2 Å². The van der Waals surface area contributed by atoms with Gasteiger partial charge in [0.05, 0.1) is 11.9 Å². The van der Waals surface area contributed by atoms with Crippen molar-refractivity contribution in [1.29, 1.82) is 0 Å². The minimum atomic E-state index is -0.305. The maximum atomic E-state index is 12.9. The number of halogens is 1. The van der Waals surface area contributed by atoms with Crippen LogP contribution in [0.5, 0.6) is 0 Å². The number of nitrogens with one attached hydrogen (secondary N) is 1. The Bertz CT molecular complexity index is 390. The third-order valence-corrected chi connectivity index (χ3v) is 4.32. The minimum Gasteiger partial charge on any atom is -0.396 e. The lowest BCUT2D eigenvalue weighted by Crippen LogP contribution is -2.39. The molecule has 1 heterocycles. The topological polar surface area (TPSA) is 45.1 Å². The van der Waals surface area contributed by atoms with E-state index in [-0.39, 0.29) is 18.5 Å². The van der Waals surface area contributed by atoms with Crippen molar-refractivity contribution in [3.05, 3.63) is 29.8 Å². The third kappa shape index (κ3) is 4.25. The van der Waals surface area contributed by atoms with Crippen LogP contribution in [-0.2, 0) is 0 Å². The van der Waals surface area contributed by atoms with Crippen LogP contribution < -0.4 is 5.32 Å². The Morgan fingerprint density at radius 1 is 1.35 bits per heavy atom. The van der Waals surface area contributed by atoms with Gasteiger partial charge >= 0.3 is 0 Å². The van der Waals surface area contributed by atoms with Gasteiger partial charge < -0.3 is 10.4 Å². The summed E-state index contributed by atoms with van der Waals surface area (Å²) in [4.78, 5) is 4.14. The molecule has 1 saturated carbocycles. The van der Waals surface area contributed by atoms with Gasteiger partial charge in [0, 0.05) is 18.7 Å². The molecule has 1 aromatic heterocycles. The molecule has 0 spiro atoms. The largest absolute Gasteiger partial charge is 0.396 e. The van der Waals surface area contributed by atoms with E-state index in [1.807, 2.05) is 6.92 Å². The van der Waals surface area contributed by atoms with E-state index in [1.54, 1.807) is 6.07 Å². The van der Waals surface area contributed by atoms with E-state index in [4.69, 9.17) is 0 Å². The zero-order valence-electron chi connectivity index (χ0n) is 12.2. The first-order valence-corrected chi connectivity index (χ1v) is 7.69. The molecule has 0 aliphatic heterocycles. The molecule has 3 nitrogen and oxygen atoms in total. The molecule has 1 fully saturated rings. The smallest absolute Gasteiger partial charge is 0.141 e. The molecular formula is C16H25FN2O. The van der Waals surface area contributed by atoms with Crippen molar-refractivity contribution < 1.29 is 9.50 Å². The van der Waals surface area contributed by atoms with Crippen LogP contribution in [0.3, 0.4) is 0 Å². The number of aromatic nitrogens is 1. The van der Waals surface area contributed by atoms with E-state index in [0.29, 0.717) is 12.0 Å². The molecule has 2 N–H and O–H groups in total. The summed E-state index contributed by atoms with van der Waals surface area (Å²) >= 11 is 0. The van der Waals surface area contributed by atoms with Crippen LogP contribution in [0.15, 0.2) is 18.3 Å². The first-order valence-electron chi connectivity index (χ1n) is 7.69. The van der Waals surface area contributed by atoms with Gasteiger partial charge in [0.25, 0.3) is 0 Å². The predicted molar refractivity (Wildman–Crippen MR) is 77.8 cm³/mol. The van der Waals surface area contributed by atoms with E-state index >= 15 is 0 Å². The molecule has 0 aromatic carbocycles. The Labute approximate surface area is 120 Å². The van der Waals surface area contributed by atoms with Gasteiger partial charge in [-0.2, -0.15) is 0 Å². The van der Waals surface area contributed by atoms with E-state index in [2.05, 4.69) is 10.3 Å². The standard InChI is InChI=1S/C16H25FN2O/c1-12(15-8-7-14(17)11-18-15)19-16(9-10-20)13-5-3-2-4-6-13/h7-8,11-13,16,19-20H,2-6,9-10H2,1H3. The van der Waals surface area contributed by atoms with Gasteiger partial charge in [-0.15, -0.1) is 0 Å². The Balaban J connectivity index is 1.97. The summed E-state index contributed by atoms with van der Waals surface area (Å²) < 4.78 is 12.9. The number of aliphatic hydroxyl groups excluding tert-OH is 1. The molecule has 1 aliphatic rings. The van der Waals surface area contributed by atoms with Gasteiger partial charge in [0.2, 0.25) is 0 Å². The molecular weight excluding hydrogens is 255 g/mol. The van der Waals surface area contributed by atoms with Crippen molar-refractivity contribution in [2.75, 3.05) is 6.61 Å². The fourth-order valence-corrected chi connectivity index (χ4v) is 3.18. The normalized spacial score (nSPS) is 19.8. The maximum Gasteiger partial charge on any atom is 0.141 e. The maximum absolute atomic E-state index is 12.9. The predicted octanol–water partition coefficient (Wildman–Crippen LogP) is 3.20. The second-order valence-corrected chi connectivity index (χ2v) is 5.81. The fraction of sp³-hybridized carbons (Fsp3) is 0.688. The van der Waals surface area contributed by atoms with Gasteiger partial charge in [0.1, 0.15) is 5.82 Å². The molecule has 0 bridgehead atoms. The summed E-state index contributed by atoms with van der Waals surface area (Å²) in [5, 5.41) is 12.9. The van der Waals surface area contributed by atoms with Gasteiger partial charge in [0.15, 0.2) is 0 Å². The Morgan fingerprint density at radius 2 is 2.10 bits per heavy atom. The highest BCUT2D eigenvalue weighted by Crippen LogP contribution is 2.29. The summed E-state index contributed by atoms with van der Waals surface area (Å²) in [6, 6.07) is 3.57. The lowest BCUT2D eigenvalue weighted by atomic mass is 9.82. The summed E-state index contributed by atoms with van der Waals surface area (Å²) in [6.45, 7) is 2.26. The van der Waals surface area contributed by atoms with Crippen LogP contribution in [0.4, 0.5) is 4.39 Å². The SMILES string of the molecule is CC(NC(CCO)C1CCCCC1)c1ccc(F)cn1. The van der Waals surface area contributed by atoms with Crippen LogP contribution in [0, 0.1) is 11.7 Å². The minimum absolute atomic E-state index is 0.0778. The van der Waals surface area contributed by atoms with Crippen molar-refractivity contribution in [2.45, 2.75) is 57.5 Å². The molecule has 0 radical (unpaired) electrons. The van der Waals surface area contributed by atoms with Crippen LogP contribution in [0.1, 0.15) is 57.2 Å². The molecule has 0 saturated heterocycles. The Kier molecular flexibility index (Phi) is 5.92.